The first-order valence-electron chi connectivity index (χ1n) is 6.53. The molecule has 0 spiro atoms. The predicted octanol–water partition coefficient (Wildman–Crippen LogP) is 4.38. The molecule has 0 bridgehead atoms. The van der Waals surface area contributed by atoms with E-state index in [-0.39, 0.29) is 5.91 Å². The lowest BCUT2D eigenvalue weighted by Crippen LogP contribution is -2.15. The van der Waals surface area contributed by atoms with Crippen LogP contribution in [0.15, 0.2) is 41.3 Å². The topological polar surface area (TPSA) is 54.9 Å². The van der Waals surface area contributed by atoms with Crippen LogP contribution in [0.2, 0.25) is 5.02 Å². The molecular weight excluding hydrogens is 338 g/mol. The van der Waals surface area contributed by atoms with Crippen LogP contribution in [-0.4, -0.2) is 20.4 Å². The van der Waals surface area contributed by atoms with Crippen molar-refractivity contribution in [3.05, 3.63) is 47.0 Å². The van der Waals surface area contributed by atoms with Crippen LogP contribution in [0, 0.1) is 6.92 Å². The van der Waals surface area contributed by atoms with Crippen molar-refractivity contribution in [2.24, 2.45) is 0 Å². The lowest BCUT2D eigenvalue weighted by atomic mass is 10.1. The van der Waals surface area contributed by atoms with E-state index in [1.54, 1.807) is 0 Å². The molecule has 1 N–H and O–H groups in total. The SMILES string of the molecule is Cc1ccc2nsnc2c1NC(=O)CSc1ccc(Cl)cc1. The van der Waals surface area contributed by atoms with E-state index in [2.05, 4.69) is 14.1 Å². The lowest BCUT2D eigenvalue weighted by Gasteiger charge is -2.08. The number of hydrogen-bond donors (Lipinski definition) is 1. The highest BCUT2D eigenvalue weighted by molar-refractivity contribution is 8.00. The van der Waals surface area contributed by atoms with Crippen molar-refractivity contribution in [3.8, 4) is 0 Å². The Hall–Kier alpha value is -1.63. The number of benzene rings is 2. The maximum atomic E-state index is 12.2. The highest BCUT2D eigenvalue weighted by atomic mass is 35.5. The van der Waals surface area contributed by atoms with Crippen molar-refractivity contribution >= 4 is 57.7 Å². The smallest absolute Gasteiger partial charge is 0.234 e. The zero-order chi connectivity index (χ0) is 15.5. The Morgan fingerprint density at radius 2 is 2.00 bits per heavy atom. The summed E-state index contributed by atoms with van der Waals surface area (Å²) in [5.74, 6) is 0.262. The molecule has 0 unspecified atom stereocenters. The quantitative estimate of drug-likeness (QED) is 0.710. The normalized spacial score (nSPS) is 10.8. The van der Waals surface area contributed by atoms with Gasteiger partial charge in [0.05, 0.1) is 23.2 Å². The second-order valence-corrected chi connectivity index (χ2v) is 6.69. The van der Waals surface area contributed by atoms with Crippen LogP contribution in [0.4, 0.5) is 5.69 Å². The number of amides is 1. The second-order valence-electron chi connectivity index (χ2n) is 4.68. The van der Waals surface area contributed by atoms with Gasteiger partial charge in [-0.05, 0) is 42.8 Å². The molecule has 0 fully saturated rings. The summed E-state index contributed by atoms with van der Waals surface area (Å²) in [5, 5.41) is 3.63. The van der Waals surface area contributed by atoms with Crippen LogP contribution in [0.1, 0.15) is 5.56 Å². The highest BCUT2D eigenvalue weighted by Crippen LogP contribution is 2.26. The first kappa shape index (κ1) is 15.3. The van der Waals surface area contributed by atoms with Crippen molar-refractivity contribution in [1.82, 2.24) is 8.75 Å². The van der Waals surface area contributed by atoms with Gasteiger partial charge < -0.3 is 5.32 Å². The summed E-state index contributed by atoms with van der Waals surface area (Å²) < 4.78 is 8.45. The van der Waals surface area contributed by atoms with Crippen LogP contribution in [0.5, 0.6) is 0 Å². The van der Waals surface area contributed by atoms with E-state index in [1.165, 1.54) is 11.8 Å². The fourth-order valence-corrected chi connectivity index (χ4v) is 3.33. The number of aryl methyl sites for hydroxylation is 1. The van der Waals surface area contributed by atoms with Gasteiger partial charge in [0.1, 0.15) is 11.0 Å². The van der Waals surface area contributed by atoms with E-state index in [1.807, 2.05) is 43.3 Å². The summed E-state index contributed by atoms with van der Waals surface area (Å²) in [4.78, 5) is 13.2. The number of aromatic nitrogens is 2. The van der Waals surface area contributed by atoms with Crippen LogP contribution in [0.3, 0.4) is 0 Å². The number of nitrogens with zero attached hydrogens (tertiary/aromatic N) is 2. The van der Waals surface area contributed by atoms with Crippen molar-refractivity contribution in [2.75, 3.05) is 11.1 Å². The summed E-state index contributed by atoms with van der Waals surface area (Å²) >= 11 is 8.45. The minimum absolute atomic E-state index is 0.0662. The number of carbonyl (C=O) groups is 1. The first-order valence-corrected chi connectivity index (χ1v) is 8.63. The molecule has 0 radical (unpaired) electrons. The van der Waals surface area contributed by atoms with E-state index in [4.69, 9.17) is 11.6 Å². The molecule has 3 rings (SSSR count). The lowest BCUT2D eigenvalue weighted by molar-refractivity contribution is -0.113. The molecular formula is C15H12ClN3OS2. The van der Waals surface area contributed by atoms with E-state index in [0.29, 0.717) is 10.8 Å². The number of nitrogens with one attached hydrogen (secondary N) is 1. The van der Waals surface area contributed by atoms with Crippen LogP contribution < -0.4 is 5.32 Å². The average Bonchev–Trinajstić information content (AvgIpc) is 2.98. The fourth-order valence-electron chi connectivity index (χ4n) is 1.97. The van der Waals surface area contributed by atoms with Gasteiger partial charge >= 0.3 is 0 Å². The van der Waals surface area contributed by atoms with E-state index in [0.717, 1.165) is 38.9 Å². The van der Waals surface area contributed by atoms with Gasteiger partial charge in [0.15, 0.2) is 0 Å². The third-order valence-corrected chi connectivity index (χ3v) is 4.89. The van der Waals surface area contributed by atoms with E-state index < -0.39 is 0 Å². The molecule has 0 saturated heterocycles. The zero-order valence-electron chi connectivity index (χ0n) is 11.7. The molecule has 0 aliphatic heterocycles. The Kier molecular flexibility index (Phi) is 4.61. The molecule has 0 aliphatic carbocycles. The van der Waals surface area contributed by atoms with Gasteiger partial charge in [-0.2, -0.15) is 8.75 Å². The summed E-state index contributed by atoms with van der Waals surface area (Å²) in [6.07, 6.45) is 0. The van der Waals surface area contributed by atoms with E-state index >= 15 is 0 Å². The van der Waals surface area contributed by atoms with Gasteiger partial charge in [0, 0.05) is 9.92 Å². The highest BCUT2D eigenvalue weighted by Gasteiger charge is 2.12. The maximum absolute atomic E-state index is 12.2. The molecule has 4 nitrogen and oxygen atoms in total. The molecule has 3 aromatic rings. The Bertz CT molecular complexity index is 817. The number of hydrogen-bond acceptors (Lipinski definition) is 5. The molecule has 0 atom stereocenters. The summed E-state index contributed by atoms with van der Waals surface area (Å²) in [6.45, 7) is 1.95. The summed E-state index contributed by atoms with van der Waals surface area (Å²) in [5.41, 5.74) is 3.27. The number of halogens is 1. The van der Waals surface area contributed by atoms with Gasteiger partial charge in [0.2, 0.25) is 5.91 Å². The summed E-state index contributed by atoms with van der Waals surface area (Å²) in [6, 6.07) is 11.3. The Labute approximate surface area is 141 Å². The zero-order valence-corrected chi connectivity index (χ0v) is 14.1. The van der Waals surface area contributed by atoms with Gasteiger partial charge in [-0.1, -0.05) is 17.7 Å². The fraction of sp³-hybridized carbons (Fsp3) is 0.133. The molecule has 7 heteroatoms. The molecule has 0 saturated carbocycles. The number of anilines is 1. The first-order chi connectivity index (χ1) is 10.6. The third kappa shape index (κ3) is 3.40. The molecule has 22 heavy (non-hydrogen) atoms. The molecule has 112 valence electrons. The van der Waals surface area contributed by atoms with E-state index in [9.17, 15) is 4.79 Å². The Morgan fingerprint density at radius 3 is 2.77 bits per heavy atom. The van der Waals surface area contributed by atoms with Gasteiger partial charge in [-0.3, -0.25) is 4.79 Å². The number of thioether (sulfide) groups is 1. The van der Waals surface area contributed by atoms with Crippen molar-refractivity contribution in [3.63, 3.8) is 0 Å². The van der Waals surface area contributed by atoms with Crippen molar-refractivity contribution in [1.29, 1.82) is 0 Å². The largest absolute Gasteiger partial charge is 0.323 e. The summed E-state index contributed by atoms with van der Waals surface area (Å²) in [7, 11) is 0. The van der Waals surface area contributed by atoms with Gasteiger partial charge in [0.25, 0.3) is 0 Å². The van der Waals surface area contributed by atoms with Crippen molar-refractivity contribution < 1.29 is 4.79 Å². The van der Waals surface area contributed by atoms with Crippen LogP contribution in [-0.2, 0) is 4.79 Å². The Balaban J connectivity index is 1.69. The van der Waals surface area contributed by atoms with Crippen LogP contribution in [0.25, 0.3) is 11.0 Å². The third-order valence-electron chi connectivity index (χ3n) is 3.08. The second kappa shape index (κ2) is 6.64. The van der Waals surface area contributed by atoms with Gasteiger partial charge in [-0.25, -0.2) is 0 Å². The number of rotatable bonds is 4. The number of fused-ring (bicyclic) bond motifs is 1. The molecule has 1 aromatic heterocycles. The van der Waals surface area contributed by atoms with Crippen LogP contribution >= 0.6 is 35.1 Å². The minimum Gasteiger partial charge on any atom is -0.323 e. The monoisotopic (exact) mass is 349 g/mol. The minimum atomic E-state index is -0.0662. The van der Waals surface area contributed by atoms with Crippen molar-refractivity contribution in [2.45, 2.75) is 11.8 Å². The molecule has 0 aliphatic rings. The Morgan fingerprint density at radius 1 is 1.23 bits per heavy atom. The maximum Gasteiger partial charge on any atom is 0.234 e. The van der Waals surface area contributed by atoms with Gasteiger partial charge in [-0.15, -0.1) is 11.8 Å². The molecule has 2 aromatic carbocycles. The standard InChI is InChI=1S/C15H12ClN3OS2/c1-9-2-7-12-15(19-22-18-12)14(9)17-13(20)8-21-11-5-3-10(16)4-6-11/h2-7H,8H2,1H3,(H,17,20). The molecule has 1 amide bonds. The average molecular weight is 350 g/mol. The molecule has 1 heterocycles. The predicted molar refractivity (Wildman–Crippen MR) is 93.0 cm³/mol. The number of carbonyl (C=O) groups excluding carboxylic acids is 1.